The molecule has 2 aromatic carbocycles. The Bertz CT molecular complexity index is 570. The number of fused-ring (bicyclic) bond motifs is 1. The van der Waals surface area contributed by atoms with Crippen LogP contribution in [0.5, 0.6) is 0 Å². The van der Waals surface area contributed by atoms with E-state index in [2.05, 4.69) is 48.3 Å². The third kappa shape index (κ3) is 2.59. The number of hydrogen-bond donors (Lipinski definition) is 1. The van der Waals surface area contributed by atoms with E-state index in [0.29, 0.717) is 0 Å². The van der Waals surface area contributed by atoms with E-state index in [4.69, 9.17) is 5.73 Å². The maximum atomic E-state index is 6.21. The fourth-order valence-electron chi connectivity index (χ4n) is 3.18. The molecule has 3 rings (SSSR count). The van der Waals surface area contributed by atoms with E-state index in [1.165, 1.54) is 42.0 Å². The molecule has 1 aliphatic rings. The largest absolute Gasteiger partial charge is 0.398 e. The van der Waals surface area contributed by atoms with E-state index in [-0.39, 0.29) is 0 Å². The van der Waals surface area contributed by atoms with Gasteiger partial charge in [-0.3, -0.25) is 4.90 Å². The van der Waals surface area contributed by atoms with Crippen molar-refractivity contribution >= 4 is 16.5 Å². The predicted octanol–water partition coefficient (Wildman–Crippen LogP) is 3.80. The maximum Gasteiger partial charge on any atom is 0.0366 e. The van der Waals surface area contributed by atoms with Crippen molar-refractivity contribution < 1.29 is 0 Å². The van der Waals surface area contributed by atoms with Gasteiger partial charge in [0.1, 0.15) is 0 Å². The number of nitrogen functional groups attached to an aromatic ring is 1. The van der Waals surface area contributed by atoms with Crippen LogP contribution in [0.1, 0.15) is 31.2 Å². The molecule has 1 aliphatic carbocycles. The molecule has 1 fully saturated rings. The minimum atomic E-state index is 0.742. The molecule has 2 N–H and O–H groups in total. The Balaban J connectivity index is 1.85. The molecule has 0 bridgehead atoms. The summed E-state index contributed by atoms with van der Waals surface area (Å²) < 4.78 is 0. The molecular weight excluding hydrogens is 232 g/mol. The monoisotopic (exact) mass is 254 g/mol. The first-order valence-electron chi connectivity index (χ1n) is 7.21. The van der Waals surface area contributed by atoms with Gasteiger partial charge in [-0.15, -0.1) is 0 Å². The van der Waals surface area contributed by atoms with Crippen molar-refractivity contribution in [2.45, 2.75) is 38.3 Å². The summed E-state index contributed by atoms with van der Waals surface area (Å²) in [5, 5.41) is 2.51. The lowest BCUT2D eigenvalue weighted by Gasteiger charge is -2.24. The first kappa shape index (κ1) is 12.5. The molecule has 2 heteroatoms. The smallest absolute Gasteiger partial charge is 0.0366 e. The van der Waals surface area contributed by atoms with Crippen molar-refractivity contribution in [2.24, 2.45) is 0 Å². The minimum absolute atomic E-state index is 0.742. The number of anilines is 1. The summed E-state index contributed by atoms with van der Waals surface area (Å²) in [6, 6.07) is 13.5. The van der Waals surface area contributed by atoms with Gasteiger partial charge in [0.25, 0.3) is 0 Å². The quantitative estimate of drug-likeness (QED) is 0.844. The highest BCUT2D eigenvalue weighted by Gasteiger charge is 2.20. The molecule has 0 atom stereocenters. The van der Waals surface area contributed by atoms with Gasteiger partial charge in [0.05, 0.1) is 0 Å². The number of rotatable bonds is 3. The van der Waals surface area contributed by atoms with Crippen LogP contribution in [0.4, 0.5) is 5.69 Å². The lowest BCUT2D eigenvalue weighted by Crippen LogP contribution is -2.28. The van der Waals surface area contributed by atoms with E-state index in [9.17, 15) is 0 Å². The van der Waals surface area contributed by atoms with Gasteiger partial charge in [-0.05, 0) is 48.4 Å². The van der Waals surface area contributed by atoms with E-state index in [0.717, 1.165) is 18.3 Å². The first-order chi connectivity index (χ1) is 9.24. The molecule has 19 heavy (non-hydrogen) atoms. The molecule has 0 aliphatic heterocycles. The number of nitrogens with zero attached hydrogens (tertiary/aromatic N) is 1. The number of hydrogen-bond acceptors (Lipinski definition) is 2. The molecule has 2 nitrogen and oxygen atoms in total. The van der Waals surface area contributed by atoms with E-state index in [1.807, 2.05) is 0 Å². The van der Waals surface area contributed by atoms with Crippen molar-refractivity contribution in [3.8, 4) is 0 Å². The summed E-state index contributed by atoms with van der Waals surface area (Å²) in [7, 11) is 2.23. The van der Waals surface area contributed by atoms with Crippen molar-refractivity contribution in [2.75, 3.05) is 12.8 Å². The van der Waals surface area contributed by atoms with Crippen LogP contribution in [0, 0.1) is 0 Å². The summed E-state index contributed by atoms with van der Waals surface area (Å²) >= 11 is 0. The van der Waals surface area contributed by atoms with Gasteiger partial charge >= 0.3 is 0 Å². The molecule has 0 unspecified atom stereocenters. The molecule has 0 spiro atoms. The maximum absolute atomic E-state index is 6.21. The number of nitrogens with two attached hydrogens (primary N) is 1. The van der Waals surface area contributed by atoms with Crippen LogP contribution in [0.15, 0.2) is 36.4 Å². The summed E-state index contributed by atoms with van der Waals surface area (Å²) in [4.78, 5) is 2.47. The lowest BCUT2D eigenvalue weighted by molar-refractivity contribution is 0.238. The molecular formula is C17H22N2. The highest BCUT2D eigenvalue weighted by molar-refractivity contribution is 5.86. The summed E-state index contributed by atoms with van der Waals surface area (Å²) in [6.45, 7) is 0.960. The van der Waals surface area contributed by atoms with Crippen LogP contribution in [0.25, 0.3) is 10.8 Å². The lowest BCUT2D eigenvalue weighted by atomic mass is 10.0. The third-order valence-corrected chi connectivity index (χ3v) is 4.38. The summed E-state index contributed by atoms with van der Waals surface area (Å²) in [6.07, 6.45) is 5.43. The second-order valence-corrected chi connectivity index (χ2v) is 5.75. The van der Waals surface area contributed by atoms with Crippen molar-refractivity contribution in [3.63, 3.8) is 0 Å². The molecule has 1 saturated carbocycles. The fourth-order valence-corrected chi connectivity index (χ4v) is 3.18. The predicted molar refractivity (Wildman–Crippen MR) is 82.1 cm³/mol. The zero-order chi connectivity index (χ0) is 13.2. The standard InChI is InChI=1S/C17H22N2/c1-19(16-8-4-5-9-16)12-15-10-13-6-2-3-7-14(13)11-17(15)18/h2-3,6-7,10-11,16H,4-5,8-9,12,18H2,1H3. The van der Waals surface area contributed by atoms with E-state index < -0.39 is 0 Å². The fraction of sp³-hybridized carbons (Fsp3) is 0.412. The van der Waals surface area contributed by atoms with Crippen molar-refractivity contribution in [3.05, 3.63) is 42.0 Å². The zero-order valence-electron chi connectivity index (χ0n) is 11.6. The van der Waals surface area contributed by atoms with Crippen molar-refractivity contribution in [1.29, 1.82) is 0 Å². The molecule has 0 saturated heterocycles. The van der Waals surface area contributed by atoms with Crippen LogP contribution in [0.3, 0.4) is 0 Å². The minimum Gasteiger partial charge on any atom is -0.398 e. The average Bonchev–Trinajstić information content (AvgIpc) is 2.93. The summed E-state index contributed by atoms with van der Waals surface area (Å²) in [5.41, 5.74) is 8.38. The Kier molecular flexibility index (Phi) is 3.43. The third-order valence-electron chi connectivity index (χ3n) is 4.38. The van der Waals surface area contributed by atoms with Gasteiger partial charge < -0.3 is 5.73 Å². The Morgan fingerprint density at radius 3 is 2.42 bits per heavy atom. The molecule has 0 heterocycles. The van der Waals surface area contributed by atoms with Gasteiger partial charge in [-0.25, -0.2) is 0 Å². The van der Waals surface area contributed by atoms with Gasteiger partial charge in [0, 0.05) is 18.3 Å². The highest BCUT2D eigenvalue weighted by Crippen LogP contribution is 2.27. The molecule has 100 valence electrons. The van der Waals surface area contributed by atoms with Crippen LogP contribution >= 0.6 is 0 Å². The number of benzene rings is 2. The van der Waals surface area contributed by atoms with E-state index >= 15 is 0 Å². The molecule has 2 aromatic rings. The Morgan fingerprint density at radius 1 is 1.11 bits per heavy atom. The Labute approximate surface area is 115 Å². The Hall–Kier alpha value is -1.54. The summed E-state index contributed by atoms with van der Waals surface area (Å²) in [5.74, 6) is 0. The highest BCUT2D eigenvalue weighted by atomic mass is 15.1. The van der Waals surface area contributed by atoms with Gasteiger partial charge in [0.15, 0.2) is 0 Å². The Morgan fingerprint density at radius 2 is 1.74 bits per heavy atom. The normalized spacial score (nSPS) is 16.5. The molecule has 0 radical (unpaired) electrons. The first-order valence-corrected chi connectivity index (χ1v) is 7.21. The zero-order valence-corrected chi connectivity index (χ0v) is 11.6. The second-order valence-electron chi connectivity index (χ2n) is 5.75. The second kappa shape index (κ2) is 5.22. The van der Waals surface area contributed by atoms with Crippen molar-refractivity contribution in [1.82, 2.24) is 4.90 Å². The van der Waals surface area contributed by atoms with Crippen LogP contribution < -0.4 is 5.73 Å². The van der Waals surface area contributed by atoms with Gasteiger partial charge in [-0.2, -0.15) is 0 Å². The molecule has 0 amide bonds. The molecule has 0 aromatic heterocycles. The average molecular weight is 254 g/mol. The SMILES string of the molecule is CN(Cc1cc2ccccc2cc1N)C1CCCC1. The van der Waals surface area contributed by atoms with Crippen LogP contribution in [0.2, 0.25) is 0 Å². The van der Waals surface area contributed by atoms with Gasteiger partial charge in [0.2, 0.25) is 0 Å². The van der Waals surface area contributed by atoms with Gasteiger partial charge in [-0.1, -0.05) is 37.1 Å². The topological polar surface area (TPSA) is 29.3 Å². The van der Waals surface area contributed by atoms with Crippen LogP contribution in [-0.4, -0.2) is 18.0 Å². The van der Waals surface area contributed by atoms with Crippen LogP contribution in [-0.2, 0) is 6.54 Å². The van der Waals surface area contributed by atoms with E-state index in [1.54, 1.807) is 0 Å².